The van der Waals surface area contributed by atoms with Crippen molar-refractivity contribution in [3.05, 3.63) is 85.1 Å². The maximum absolute atomic E-state index is 12.7. The van der Waals surface area contributed by atoms with Gasteiger partial charge in [-0.25, -0.2) is 0 Å². The molecule has 0 aromatic heterocycles. The van der Waals surface area contributed by atoms with Crippen LogP contribution in [0.5, 0.6) is 0 Å². The second-order valence-electron chi connectivity index (χ2n) is 14.9. The Balaban J connectivity index is 4.50. The Morgan fingerprint density at radius 3 is 1.16 bits per heavy atom. The Bertz CT molecular complexity index is 1140. The quantitative estimate of drug-likeness (QED) is 0.0266. The summed E-state index contributed by atoms with van der Waals surface area (Å²) >= 11 is 0. The fourth-order valence-corrected chi connectivity index (χ4v) is 5.89. The van der Waals surface area contributed by atoms with Gasteiger partial charge in [0.25, 0.3) is 0 Å². The van der Waals surface area contributed by atoms with E-state index < -0.39 is 6.10 Å². The van der Waals surface area contributed by atoms with Crippen molar-refractivity contribution < 1.29 is 28.6 Å². The molecular formula is C51H84O6. The molecule has 0 fully saturated rings. The molecule has 0 saturated carbocycles. The molecule has 0 aromatic rings. The van der Waals surface area contributed by atoms with Gasteiger partial charge in [0, 0.05) is 19.3 Å². The van der Waals surface area contributed by atoms with E-state index in [-0.39, 0.29) is 44.0 Å². The summed E-state index contributed by atoms with van der Waals surface area (Å²) in [6.07, 6.45) is 57.2. The summed E-state index contributed by atoms with van der Waals surface area (Å²) in [7, 11) is 0. The third-order valence-electron chi connectivity index (χ3n) is 9.35. The molecule has 57 heavy (non-hydrogen) atoms. The first-order chi connectivity index (χ1) is 28.0. The summed E-state index contributed by atoms with van der Waals surface area (Å²) in [6.45, 7) is 6.37. The Hall–Kier alpha value is -3.41. The Morgan fingerprint density at radius 2 is 0.702 bits per heavy atom. The lowest BCUT2D eigenvalue weighted by molar-refractivity contribution is -0.167. The number of unbranched alkanes of at least 4 members (excludes halogenated alkanes) is 15. The highest BCUT2D eigenvalue weighted by Gasteiger charge is 2.19. The van der Waals surface area contributed by atoms with Gasteiger partial charge in [0.1, 0.15) is 13.2 Å². The van der Waals surface area contributed by atoms with Crippen LogP contribution in [0.15, 0.2) is 85.1 Å². The van der Waals surface area contributed by atoms with E-state index in [1.807, 2.05) is 0 Å². The lowest BCUT2D eigenvalue weighted by Gasteiger charge is -2.18. The Morgan fingerprint density at radius 1 is 0.368 bits per heavy atom. The highest BCUT2D eigenvalue weighted by atomic mass is 16.6. The number of esters is 3. The summed E-state index contributed by atoms with van der Waals surface area (Å²) in [5.74, 6) is -1.03. The molecule has 6 nitrogen and oxygen atoms in total. The van der Waals surface area contributed by atoms with Crippen molar-refractivity contribution in [2.24, 2.45) is 0 Å². The number of carbonyl (C=O) groups is 3. The molecule has 0 spiro atoms. The van der Waals surface area contributed by atoms with Crippen LogP contribution in [0.1, 0.15) is 201 Å². The predicted molar refractivity (Wildman–Crippen MR) is 242 cm³/mol. The second kappa shape index (κ2) is 45.3. The van der Waals surface area contributed by atoms with E-state index in [2.05, 4.69) is 106 Å². The van der Waals surface area contributed by atoms with Crippen LogP contribution in [-0.4, -0.2) is 37.2 Å². The maximum Gasteiger partial charge on any atom is 0.306 e. The standard InChI is InChI=1S/C51H84O6/c1-4-7-10-13-16-19-21-23-24-25-26-28-29-32-35-38-41-44-50(53)56-47-48(46-55-49(52)43-40-37-34-31-18-15-12-9-6-3)57-51(54)45-42-39-36-33-30-27-22-20-17-14-11-8-5-2/h7,10,16,19,23-24,26-28,30-32,34-35,48H,4-6,8-9,11-15,17-18,20-22,25,29,33,36-47H2,1-3H3/b10-7-,19-16-,24-23-,28-26-,30-27-,34-31-,35-32-. The van der Waals surface area contributed by atoms with Crippen molar-refractivity contribution in [2.75, 3.05) is 13.2 Å². The van der Waals surface area contributed by atoms with Gasteiger partial charge in [0.05, 0.1) is 0 Å². The van der Waals surface area contributed by atoms with E-state index in [1.165, 1.54) is 64.2 Å². The Labute approximate surface area is 350 Å². The molecule has 1 atom stereocenters. The second-order valence-corrected chi connectivity index (χ2v) is 14.9. The molecule has 1 unspecified atom stereocenters. The molecule has 0 aromatic carbocycles. The van der Waals surface area contributed by atoms with Gasteiger partial charge in [-0.3, -0.25) is 14.4 Å². The zero-order valence-electron chi connectivity index (χ0n) is 36.8. The summed E-state index contributed by atoms with van der Waals surface area (Å²) < 4.78 is 16.6. The number of carbonyl (C=O) groups excluding carboxylic acids is 3. The van der Waals surface area contributed by atoms with Gasteiger partial charge < -0.3 is 14.2 Å². The third-order valence-corrected chi connectivity index (χ3v) is 9.35. The smallest absolute Gasteiger partial charge is 0.306 e. The lowest BCUT2D eigenvalue weighted by Crippen LogP contribution is -2.30. The monoisotopic (exact) mass is 793 g/mol. The zero-order chi connectivity index (χ0) is 41.5. The highest BCUT2D eigenvalue weighted by Crippen LogP contribution is 2.11. The van der Waals surface area contributed by atoms with Gasteiger partial charge in [-0.1, -0.05) is 164 Å². The first-order valence-electron chi connectivity index (χ1n) is 23.1. The number of hydrogen-bond acceptors (Lipinski definition) is 6. The molecular weight excluding hydrogens is 709 g/mol. The van der Waals surface area contributed by atoms with Crippen molar-refractivity contribution in [3.8, 4) is 0 Å². The van der Waals surface area contributed by atoms with E-state index >= 15 is 0 Å². The summed E-state index contributed by atoms with van der Waals surface area (Å²) in [4.78, 5) is 37.7. The van der Waals surface area contributed by atoms with Crippen LogP contribution in [0.2, 0.25) is 0 Å². The summed E-state index contributed by atoms with van der Waals surface area (Å²) in [5.41, 5.74) is 0. The molecule has 0 N–H and O–H groups in total. The number of hydrogen-bond donors (Lipinski definition) is 0. The molecule has 0 aliphatic rings. The molecule has 0 aliphatic carbocycles. The van der Waals surface area contributed by atoms with Crippen LogP contribution < -0.4 is 0 Å². The van der Waals surface area contributed by atoms with Crippen LogP contribution in [0, 0.1) is 0 Å². The minimum Gasteiger partial charge on any atom is -0.462 e. The fourth-order valence-electron chi connectivity index (χ4n) is 5.89. The Kier molecular flexibility index (Phi) is 42.6. The van der Waals surface area contributed by atoms with E-state index in [4.69, 9.17) is 14.2 Å². The SMILES string of the molecule is CC/C=C\C/C=C\C/C=C\C/C=C\C/C=C\CCCC(=O)OCC(COC(=O)CCC/C=C\CCCCCC)OC(=O)CCCCC/C=C\CCCCCCCC. The maximum atomic E-state index is 12.7. The number of rotatable bonds is 40. The van der Waals surface area contributed by atoms with E-state index in [9.17, 15) is 14.4 Å². The molecule has 0 saturated heterocycles. The number of allylic oxidation sites excluding steroid dienone is 14. The molecule has 0 rings (SSSR count). The van der Waals surface area contributed by atoms with Gasteiger partial charge in [-0.2, -0.15) is 0 Å². The topological polar surface area (TPSA) is 78.9 Å². The van der Waals surface area contributed by atoms with Crippen LogP contribution in [-0.2, 0) is 28.6 Å². The van der Waals surface area contributed by atoms with E-state index in [0.717, 1.165) is 83.5 Å². The van der Waals surface area contributed by atoms with Gasteiger partial charge in [-0.05, 0) is 103 Å². The first kappa shape index (κ1) is 53.6. The van der Waals surface area contributed by atoms with Crippen molar-refractivity contribution in [2.45, 2.75) is 207 Å². The fraction of sp³-hybridized carbons (Fsp3) is 0.667. The highest BCUT2D eigenvalue weighted by molar-refractivity contribution is 5.71. The average Bonchev–Trinajstić information content (AvgIpc) is 3.21. The minimum atomic E-state index is -0.815. The number of ether oxygens (including phenoxy) is 3. The minimum absolute atomic E-state index is 0.117. The normalized spacial score (nSPS) is 12.8. The van der Waals surface area contributed by atoms with Gasteiger partial charge in [0.15, 0.2) is 6.10 Å². The van der Waals surface area contributed by atoms with Crippen LogP contribution in [0.4, 0.5) is 0 Å². The molecule has 0 bridgehead atoms. The van der Waals surface area contributed by atoms with Gasteiger partial charge in [-0.15, -0.1) is 0 Å². The third kappa shape index (κ3) is 43.6. The zero-order valence-corrected chi connectivity index (χ0v) is 36.8. The van der Waals surface area contributed by atoms with Gasteiger partial charge >= 0.3 is 17.9 Å². The molecule has 324 valence electrons. The molecule has 0 aliphatic heterocycles. The molecule has 0 heterocycles. The summed E-state index contributed by atoms with van der Waals surface area (Å²) in [5, 5.41) is 0. The van der Waals surface area contributed by atoms with E-state index in [1.54, 1.807) is 0 Å². The van der Waals surface area contributed by atoms with Crippen LogP contribution in [0.25, 0.3) is 0 Å². The van der Waals surface area contributed by atoms with E-state index in [0.29, 0.717) is 19.3 Å². The van der Waals surface area contributed by atoms with Crippen molar-refractivity contribution in [1.29, 1.82) is 0 Å². The van der Waals surface area contributed by atoms with Crippen LogP contribution in [0.3, 0.4) is 0 Å². The first-order valence-corrected chi connectivity index (χ1v) is 23.1. The van der Waals surface area contributed by atoms with Crippen molar-refractivity contribution >= 4 is 17.9 Å². The molecule has 6 heteroatoms. The lowest BCUT2D eigenvalue weighted by atomic mass is 10.1. The summed E-state index contributed by atoms with van der Waals surface area (Å²) in [6, 6.07) is 0. The average molecular weight is 793 g/mol. The predicted octanol–water partition coefficient (Wildman–Crippen LogP) is 14.9. The van der Waals surface area contributed by atoms with Crippen molar-refractivity contribution in [3.63, 3.8) is 0 Å². The molecule has 0 amide bonds. The molecule has 0 radical (unpaired) electrons. The largest absolute Gasteiger partial charge is 0.462 e. The van der Waals surface area contributed by atoms with Crippen LogP contribution >= 0.6 is 0 Å². The van der Waals surface area contributed by atoms with Gasteiger partial charge in [0.2, 0.25) is 0 Å². The van der Waals surface area contributed by atoms with Crippen molar-refractivity contribution in [1.82, 2.24) is 0 Å².